The smallest absolute Gasteiger partial charge is 0.231 e. The zero-order valence-corrected chi connectivity index (χ0v) is 19.9. The number of anilines is 2. The van der Waals surface area contributed by atoms with E-state index in [-0.39, 0.29) is 13.2 Å². The first kappa shape index (κ1) is 22.1. The van der Waals surface area contributed by atoms with Crippen LogP contribution in [0.25, 0.3) is 11.1 Å². The van der Waals surface area contributed by atoms with E-state index in [1.807, 2.05) is 42.5 Å². The molecule has 172 valence electrons. The SMILES string of the molecule is NC=O.OC1=C(c2ccc3c(c2)OCO3)Cc2ccc(Nc3ccc(Br)cc3)cc2C1=C1CC1. The highest BCUT2D eigenvalue weighted by atomic mass is 79.9. The van der Waals surface area contributed by atoms with Crippen molar-refractivity contribution < 1.29 is 19.4 Å². The molecule has 0 spiro atoms. The number of carbonyl (C=O) groups is 1. The molecule has 0 aromatic heterocycles. The predicted octanol–water partition coefficient (Wildman–Crippen LogP) is 6.10. The molecule has 1 heterocycles. The third kappa shape index (κ3) is 4.39. The van der Waals surface area contributed by atoms with Crippen molar-refractivity contribution in [3.8, 4) is 11.5 Å². The Morgan fingerprint density at radius 1 is 0.941 bits per heavy atom. The number of halogens is 1. The maximum Gasteiger partial charge on any atom is 0.231 e. The van der Waals surface area contributed by atoms with Gasteiger partial charge >= 0.3 is 0 Å². The number of allylic oxidation sites excluding steroid dienone is 3. The van der Waals surface area contributed by atoms with Gasteiger partial charge in [0.2, 0.25) is 13.2 Å². The minimum absolute atomic E-state index is 0.246. The van der Waals surface area contributed by atoms with Crippen LogP contribution in [-0.2, 0) is 11.2 Å². The van der Waals surface area contributed by atoms with Crippen LogP contribution in [0.3, 0.4) is 0 Å². The fraction of sp³-hybridized carbons (Fsp3) is 0.148. The lowest BCUT2D eigenvalue weighted by Gasteiger charge is -2.24. The third-order valence-electron chi connectivity index (χ3n) is 5.98. The highest BCUT2D eigenvalue weighted by molar-refractivity contribution is 9.10. The average Bonchev–Trinajstić information content (AvgIpc) is 3.56. The quantitative estimate of drug-likeness (QED) is 0.364. The molecule has 0 radical (unpaired) electrons. The summed E-state index contributed by atoms with van der Waals surface area (Å²) in [5.74, 6) is 1.88. The van der Waals surface area contributed by atoms with Crippen LogP contribution in [0.15, 0.2) is 76.5 Å². The second kappa shape index (κ2) is 9.27. The van der Waals surface area contributed by atoms with E-state index in [4.69, 9.17) is 14.3 Å². The molecule has 34 heavy (non-hydrogen) atoms. The topological polar surface area (TPSA) is 93.8 Å². The number of aliphatic hydroxyl groups is 1. The molecule has 3 aromatic rings. The van der Waals surface area contributed by atoms with Crippen LogP contribution >= 0.6 is 15.9 Å². The largest absolute Gasteiger partial charge is 0.507 e. The number of benzene rings is 3. The van der Waals surface area contributed by atoms with Gasteiger partial charge in [-0.05, 0) is 78.1 Å². The van der Waals surface area contributed by atoms with Gasteiger partial charge in [0, 0.05) is 33.4 Å². The van der Waals surface area contributed by atoms with Crippen molar-refractivity contribution >= 4 is 44.9 Å². The predicted molar refractivity (Wildman–Crippen MR) is 136 cm³/mol. The van der Waals surface area contributed by atoms with E-state index in [0.717, 1.165) is 62.5 Å². The maximum absolute atomic E-state index is 11.3. The van der Waals surface area contributed by atoms with E-state index in [0.29, 0.717) is 12.2 Å². The summed E-state index contributed by atoms with van der Waals surface area (Å²) in [6.45, 7) is 0.246. The first-order valence-corrected chi connectivity index (χ1v) is 11.7. The number of nitrogens with two attached hydrogens (primary N) is 1. The number of primary amides is 1. The second-order valence-electron chi connectivity index (χ2n) is 8.19. The molecule has 0 unspecified atom stereocenters. The number of hydrogen-bond acceptors (Lipinski definition) is 5. The first-order valence-electron chi connectivity index (χ1n) is 10.9. The molecule has 6 rings (SSSR count). The average molecular weight is 519 g/mol. The molecule has 1 aliphatic heterocycles. The van der Waals surface area contributed by atoms with Crippen molar-refractivity contribution in [3.05, 3.63) is 93.2 Å². The summed E-state index contributed by atoms with van der Waals surface area (Å²) in [5.41, 5.74) is 12.8. The lowest BCUT2D eigenvalue weighted by atomic mass is 9.83. The Bertz CT molecular complexity index is 1320. The van der Waals surface area contributed by atoms with Crippen LogP contribution < -0.4 is 20.5 Å². The van der Waals surface area contributed by atoms with Crippen LogP contribution in [-0.4, -0.2) is 18.3 Å². The van der Waals surface area contributed by atoms with E-state index in [2.05, 4.69) is 45.2 Å². The molecular formula is C27H23BrN2O4. The van der Waals surface area contributed by atoms with E-state index in [1.54, 1.807) is 0 Å². The van der Waals surface area contributed by atoms with Crippen LogP contribution in [0.1, 0.15) is 29.5 Å². The third-order valence-corrected chi connectivity index (χ3v) is 6.51. The summed E-state index contributed by atoms with van der Waals surface area (Å²) in [6.07, 6.45) is 3.01. The molecule has 0 atom stereocenters. The molecule has 1 fully saturated rings. The van der Waals surface area contributed by atoms with Crippen molar-refractivity contribution in [1.82, 2.24) is 0 Å². The number of hydrogen-bond donors (Lipinski definition) is 3. The molecule has 3 aliphatic rings. The highest BCUT2D eigenvalue weighted by Gasteiger charge is 2.30. The van der Waals surface area contributed by atoms with Crippen molar-refractivity contribution in [2.24, 2.45) is 5.73 Å². The van der Waals surface area contributed by atoms with Crippen LogP contribution in [0, 0.1) is 0 Å². The summed E-state index contributed by atoms with van der Waals surface area (Å²) in [5, 5.41) is 14.8. The van der Waals surface area contributed by atoms with Crippen molar-refractivity contribution in [2.45, 2.75) is 19.3 Å². The molecule has 3 aromatic carbocycles. The molecule has 0 bridgehead atoms. The zero-order chi connectivity index (χ0) is 23.7. The number of carbonyl (C=O) groups excluding carboxylic acids is 1. The molecule has 2 aliphatic carbocycles. The van der Waals surface area contributed by atoms with Gasteiger partial charge in [0.25, 0.3) is 0 Å². The zero-order valence-electron chi connectivity index (χ0n) is 18.3. The van der Waals surface area contributed by atoms with E-state index < -0.39 is 0 Å². The van der Waals surface area contributed by atoms with Crippen LogP contribution in [0.4, 0.5) is 11.4 Å². The summed E-state index contributed by atoms with van der Waals surface area (Å²) in [7, 11) is 0. The minimum atomic E-state index is 0.246. The lowest BCUT2D eigenvalue weighted by Crippen LogP contribution is -2.09. The maximum atomic E-state index is 11.3. The normalized spacial score (nSPS) is 15.3. The Labute approximate surface area is 205 Å². The first-order chi connectivity index (χ1) is 16.6. The van der Waals surface area contributed by atoms with Gasteiger partial charge < -0.3 is 25.6 Å². The molecule has 0 saturated heterocycles. The van der Waals surface area contributed by atoms with Crippen LogP contribution in [0.5, 0.6) is 11.5 Å². The van der Waals surface area contributed by atoms with Gasteiger partial charge in [0.1, 0.15) is 5.76 Å². The monoisotopic (exact) mass is 518 g/mol. The van der Waals surface area contributed by atoms with Crippen LogP contribution in [0.2, 0.25) is 0 Å². The number of amides is 1. The number of fused-ring (bicyclic) bond motifs is 2. The fourth-order valence-corrected chi connectivity index (χ4v) is 4.55. The van der Waals surface area contributed by atoms with Gasteiger partial charge in [0.15, 0.2) is 11.5 Å². The molecule has 7 heteroatoms. The van der Waals surface area contributed by atoms with E-state index in [1.165, 1.54) is 11.1 Å². The minimum Gasteiger partial charge on any atom is -0.507 e. The number of aliphatic hydroxyl groups excluding tert-OH is 1. The summed E-state index contributed by atoms with van der Waals surface area (Å²) in [6, 6.07) is 20.4. The van der Waals surface area contributed by atoms with Crippen molar-refractivity contribution in [3.63, 3.8) is 0 Å². The standard InChI is InChI=1S/C26H20BrNO3.CH3NO/c27-18-5-8-19(9-6-18)28-20-7-3-16-11-22(17-4-10-23-24(12-17)31-14-30-23)26(29)25(15-1-2-15)21(16)13-20;2-1-3/h3-10,12-13,28-29H,1-2,11,14H2;1H,(H2,2,3). The Hall–Kier alpha value is -3.71. The van der Waals surface area contributed by atoms with Crippen molar-refractivity contribution in [2.75, 3.05) is 12.1 Å². The molecule has 4 N–H and O–H groups in total. The van der Waals surface area contributed by atoms with E-state index >= 15 is 0 Å². The van der Waals surface area contributed by atoms with Gasteiger partial charge in [-0.1, -0.05) is 33.6 Å². The van der Waals surface area contributed by atoms with Gasteiger partial charge in [-0.2, -0.15) is 0 Å². The number of ether oxygens (including phenoxy) is 2. The Balaban J connectivity index is 0.000000764. The molecule has 1 saturated carbocycles. The van der Waals surface area contributed by atoms with Gasteiger partial charge in [0.05, 0.1) is 0 Å². The number of nitrogens with one attached hydrogen (secondary N) is 1. The summed E-state index contributed by atoms with van der Waals surface area (Å²) < 4.78 is 12.0. The Kier molecular flexibility index (Phi) is 6.02. The van der Waals surface area contributed by atoms with Gasteiger partial charge in [-0.15, -0.1) is 0 Å². The Morgan fingerprint density at radius 2 is 1.65 bits per heavy atom. The Morgan fingerprint density at radius 3 is 2.38 bits per heavy atom. The molecule has 1 amide bonds. The van der Waals surface area contributed by atoms with E-state index in [9.17, 15) is 5.11 Å². The lowest BCUT2D eigenvalue weighted by molar-refractivity contribution is -0.106. The molecular weight excluding hydrogens is 496 g/mol. The summed E-state index contributed by atoms with van der Waals surface area (Å²) in [4.78, 5) is 8.58. The summed E-state index contributed by atoms with van der Waals surface area (Å²) >= 11 is 3.48. The van der Waals surface area contributed by atoms with Gasteiger partial charge in [-0.25, -0.2) is 0 Å². The fourth-order valence-electron chi connectivity index (χ4n) is 4.29. The molecule has 6 nitrogen and oxygen atoms in total. The van der Waals surface area contributed by atoms with Gasteiger partial charge in [-0.3, -0.25) is 4.79 Å². The highest BCUT2D eigenvalue weighted by Crippen LogP contribution is 2.48. The second-order valence-corrected chi connectivity index (χ2v) is 9.11. The van der Waals surface area contributed by atoms with Crippen molar-refractivity contribution in [1.29, 1.82) is 0 Å². The number of rotatable bonds is 3.